The molecule has 3 rings (SSSR count). The maximum Gasteiger partial charge on any atom is 0.228 e. The molecule has 1 aliphatic carbocycles. The zero-order chi connectivity index (χ0) is 13.9. The largest absolute Gasteiger partial charge is 0.323 e. The fourth-order valence-electron chi connectivity index (χ4n) is 2.09. The third kappa shape index (κ3) is 3.44. The van der Waals surface area contributed by atoms with Crippen molar-refractivity contribution in [3.8, 4) is 0 Å². The van der Waals surface area contributed by atoms with Crippen molar-refractivity contribution in [3.05, 3.63) is 48.0 Å². The van der Waals surface area contributed by atoms with Crippen molar-refractivity contribution in [2.24, 2.45) is 5.92 Å². The van der Waals surface area contributed by atoms with E-state index >= 15 is 0 Å². The number of anilines is 1. The first kappa shape index (κ1) is 12.8. The van der Waals surface area contributed by atoms with Crippen LogP contribution in [-0.2, 0) is 17.8 Å². The van der Waals surface area contributed by atoms with Gasteiger partial charge in [-0.3, -0.25) is 9.48 Å². The van der Waals surface area contributed by atoms with Crippen LogP contribution in [0.1, 0.15) is 18.4 Å². The quantitative estimate of drug-likeness (QED) is 0.910. The van der Waals surface area contributed by atoms with Gasteiger partial charge in [-0.2, -0.15) is 5.10 Å². The molecule has 0 saturated heterocycles. The van der Waals surface area contributed by atoms with Crippen LogP contribution in [0.5, 0.6) is 0 Å². The number of aromatic nitrogens is 2. The van der Waals surface area contributed by atoms with E-state index in [-0.39, 0.29) is 18.1 Å². The summed E-state index contributed by atoms with van der Waals surface area (Å²) < 4.78 is 14.6. The molecule has 104 valence electrons. The number of carbonyl (C=O) groups is 1. The lowest BCUT2D eigenvalue weighted by Gasteiger charge is -2.02. The van der Waals surface area contributed by atoms with Crippen molar-refractivity contribution in [3.63, 3.8) is 0 Å². The second-order valence-electron chi connectivity index (χ2n) is 5.25. The first-order valence-electron chi connectivity index (χ1n) is 6.76. The highest BCUT2D eigenvalue weighted by molar-refractivity contribution is 5.91. The summed E-state index contributed by atoms with van der Waals surface area (Å²) in [5, 5.41) is 7.02. The smallest absolute Gasteiger partial charge is 0.228 e. The molecule has 1 fully saturated rings. The Bertz CT molecular complexity index is 602. The van der Waals surface area contributed by atoms with Crippen molar-refractivity contribution in [1.82, 2.24) is 9.78 Å². The van der Waals surface area contributed by atoms with Crippen LogP contribution in [0.15, 0.2) is 36.7 Å². The van der Waals surface area contributed by atoms with Crippen LogP contribution < -0.4 is 5.32 Å². The van der Waals surface area contributed by atoms with Gasteiger partial charge in [-0.25, -0.2) is 4.39 Å². The van der Waals surface area contributed by atoms with Crippen LogP contribution in [0.2, 0.25) is 0 Å². The molecule has 0 bridgehead atoms. The van der Waals surface area contributed by atoms with Gasteiger partial charge >= 0.3 is 0 Å². The average molecular weight is 273 g/mol. The molecule has 20 heavy (non-hydrogen) atoms. The van der Waals surface area contributed by atoms with E-state index in [9.17, 15) is 9.18 Å². The van der Waals surface area contributed by atoms with Gasteiger partial charge in [-0.15, -0.1) is 0 Å². The molecule has 1 heterocycles. The van der Waals surface area contributed by atoms with E-state index in [1.54, 1.807) is 18.3 Å². The molecule has 0 aliphatic heterocycles. The summed E-state index contributed by atoms with van der Waals surface area (Å²) in [7, 11) is 0. The maximum atomic E-state index is 12.8. The SMILES string of the molecule is O=C(Cc1ccc(F)cc1)Nc1cnn(CC2CC2)c1. The minimum atomic E-state index is -0.296. The van der Waals surface area contributed by atoms with E-state index in [1.807, 2.05) is 10.9 Å². The minimum absolute atomic E-state index is 0.123. The fraction of sp³-hybridized carbons (Fsp3) is 0.333. The van der Waals surface area contributed by atoms with E-state index in [2.05, 4.69) is 10.4 Å². The molecular weight excluding hydrogens is 257 g/mol. The second kappa shape index (κ2) is 5.45. The highest BCUT2D eigenvalue weighted by atomic mass is 19.1. The van der Waals surface area contributed by atoms with Gasteiger partial charge in [-0.05, 0) is 36.5 Å². The lowest BCUT2D eigenvalue weighted by Crippen LogP contribution is -2.14. The topological polar surface area (TPSA) is 46.9 Å². The minimum Gasteiger partial charge on any atom is -0.323 e. The van der Waals surface area contributed by atoms with Gasteiger partial charge in [0.15, 0.2) is 0 Å². The van der Waals surface area contributed by atoms with Gasteiger partial charge in [0.05, 0.1) is 18.3 Å². The van der Waals surface area contributed by atoms with E-state index in [0.717, 1.165) is 18.0 Å². The van der Waals surface area contributed by atoms with E-state index in [0.29, 0.717) is 5.69 Å². The van der Waals surface area contributed by atoms with Gasteiger partial charge in [0.1, 0.15) is 5.82 Å². The van der Waals surface area contributed by atoms with Crippen LogP contribution in [-0.4, -0.2) is 15.7 Å². The van der Waals surface area contributed by atoms with Gasteiger partial charge in [-0.1, -0.05) is 12.1 Å². The normalized spacial score (nSPS) is 14.2. The Labute approximate surface area is 116 Å². The summed E-state index contributed by atoms with van der Waals surface area (Å²) in [5.41, 5.74) is 1.49. The number of rotatable bonds is 5. The van der Waals surface area contributed by atoms with Crippen molar-refractivity contribution in [2.75, 3.05) is 5.32 Å². The Hall–Kier alpha value is -2.17. The summed E-state index contributed by atoms with van der Waals surface area (Å²) in [4.78, 5) is 11.9. The predicted molar refractivity (Wildman–Crippen MR) is 73.7 cm³/mol. The predicted octanol–water partition coefficient (Wildman–Crippen LogP) is 2.61. The number of benzene rings is 1. The van der Waals surface area contributed by atoms with E-state index in [4.69, 9.17) is 0 Å². The van der Waals surface area contributed by atoms with Gasteiger partial charge in [0.2, 0.25) is 5.91 Å². The fourth-order valence-corrected chi connectivity index (χ4v) is 2.09. The van der Waals surface area contributed by atoms with Crippen molar-refractivity contribution in [1.29, 1.82) is 0 Å². The molecule has 1 saturated carbocycles. The van der Waals surface area contributed by atoms with E-state index < -0.39 is 0 Å². The first-order chi connectivity index (χ1) is 9.69. The Morgan fingerprint density at radius 1 is 1.35 bits per heavy atom. The average Bonchev–Trinajstić information content (AvgIpc) is 3.12. The molecule has 0 unspecified atom stereocenters. The van der Waals surface area contributed by atoms with Gasteiger partial charge in [0.25, 0.3) is 0 Å². The van der Waals surface area contributed by atoms with Crippen molar-refractivity contribution >= 4 is 11.6 Å². The molecule has 0 radical (unpaired) electrons. The van der Waals surface area contributed by atoms with Crippen molar-refractivity contribution < 1.29 is 9.18 Å². The Morgan fingerprint density at radius 3 is 2.80 bits per heavy atom. The Morgan fingerprint density at radius 2 is 2.10 bits per heavy atom. The molecule has 1 N–H and O–H groups in total. The maximum absolute atomic E-state index is 12.8. The summed E-state index contributed by atoms with van der Waals surface area (Å²) in [6, 6.07) is 5.95. The van der Waals surface area contributed by atoms with E-state index in [1.165, 1.54) is 25.0 Å². The van der Waals surface area contributed by atoms with Crippen LogP contribution in [0, 0.1) is 11.7 Å². The van der Waals surface area contributed by atoms with Gasteiger partial charge in [0, 0.05) is 12.7 Å². The highest BCUT2D eigenvalue weighted by Crippen LogP contribution is 2.30. The zero-order valence-corrected chi connectivity index (χ0v) is 11.1. The lowest BCUT2D eigenvalue weighted by molar-refractivity contribution is -0.115. The molecule has 0 spiro atoms. The van der Waals surface area contributed by atoms with Gasteiger partial charge < -0.3 is 5.32 Å². The standard InChI is InChI=1S/C15H16FN3O/c16-13-5-3-11(4-6-13)7-15(20)18-14-8-17-19(10-14)9-12-1-2-12/h3-6,8,10,12H,1-2,7,9H2,(H,18,20). The second-order valence-corrected chi connectivity index (χ2v) is 5.25. The summed E-state index contributed by atoms with van der Waals surface area (Å²) in [5.74, 6) is 0.329. The highest BCUT2D eigenvalue weighted by Gasteiger charge is 2.22. The number of amides is 1. The third-order valence-electron chi connectivity index (χ3n) is 3.34. The molecule has 1 aromatic carbocycles. The Kier molecular flexibility index (Phi) is 3.50. The summed E-state index contributed by atoms with van der Waals surface area (Å²) in [6.07, 6.45) is 6.28. The molecular formula is C15H16FN3O. The number of halogens is 1. The molecule has 1 amide bonds. The van der Waals surface area contributed by atoms with Crippen LogP contribution >= 0.6 is 0 Å². The molecule has 2 aromatic rings. The lowest BCUT2D eigenvalue weighted by atomic mass is 10.1. The van der Waals surface area contributed by atoms with Crippen LogP contribution in [0.3, 0.4) is 0 Å². The molecule has 5 heteroatoms. The number of hydrogen-bond acceptors (Lipinski definition) is 2. The molecule has 4 nitrogen and oxygen atoms in total. The summed E-state index contributed by atoms with van der Waals surface area (Å²) in [6.45, 7) is 0.924. The number of hydrogen-bond donors (Lipinski definition) is 1. The summed E-state index contributed by atoms with van der Waals surface area (Å²) >= 11 is 0. The first-order valence-corrected chi connectivity index (χ1v) is 6.76. The number of carbonyl (C=O) groups excluding carboxylic acids is 1. The number of nitrogens with one attached hydrogen (secondary N) is 1. The monoisotopic (exact) mass is 273 g/mol. The molecule has 0 atom stereocenters. The van der Waals surface area contributed by atoms with Crippen molar-refractivity contribution in [2.45, 2.75) is 25.8 Å². The zero-order valence-electron chi connectivity index (χ0n) is 11.1. The van der Waals surface area contributed by atoms with Crippen LogP contribution in [0.25, 0.3) is 0 Å². The number of nitrogens with zero attached hydrogens (tertiary/aromatic N) is 2. The Balaban J connectivity index is 1.55. The molecule has 1 aromatic heterocycles. The third-order valence-corrected chi connectivity index (χ3v) is 3.34. The molecule has 1 aliphatic rings. The van der Waals surface area contributed by atoms with Crippen LogP contribution in [0.4, 0.5) is 10.1 Å².